The maximum Gasteiger partial charge on any atom is 0.246 e. The molecule has 3 aromatic rings. The fourth-order valence-electron chi connectivity index (χ4n) is 2.36. The molecule has 0 spiro atoms. The molecule has 3 rings (SSSR count). The van der Waals surface area contributed by atoms with Crippen LogP contribution < -0.4 is 10.1 Å². The van der Waals surface area contributed by atoms with Crippen molar-refractivity contribution in [3.63, 3.8) is 0 Å². The topological polar surface area (TPSA) is 60.5 Å². The molecular formula is C21H18ClFN2O3. The first-order valence-corrected chi connectivity index (χ1v) is 8.94. The maximum absolute atomic E-state index is 12.9. The molecule has 0 unspecified atom stereocenters. The highest BCUT2D eigenvalue weighted by Crippen LogP contribution is 2.20. The number of pyridine rings is 1. The molecule has 0 fully saturated rings. The number of amides is 1. The highest BCUT2D eigenvalue weighted by Gasteiger charge is 2.06. The predicted octanol–water partition coefficient (Wildman–Crippen LogP) is 4.50. The number of nitrogens with one attached hydrogen (secondary N) is 1. The van der Waals surface area contributed by atoms with Gasteiger partial charge in [0.15, 0.2) is 0 Å². The standard InChI is InChI=1S/C21H18ClFN2O3/c22-19-4-2-1-3-16(19)13-27-14-20(26)25-12-15-9-10-24-21(11-15)28-18-7-5-17(23)6-8-18/h1-11H,12-14H2,(H,25,26). The van der Waals surface area contributed by atoms with Crippen LogP contribution in [0.2, 0.25) is 5.02 Å². The highest BCUT2D eigenvalue weighted by molar-refractivity contribution is 6.31. The summed E-state index contributed by atoms with van der Waals surface area (Å²) in [5.74, 6) is 0.245. The first-order valence-electron chi connectivity index (χ1n) is 8.56. The third-order valence-electron chi connectivity index (χ3n) is 3.77. The van der Waals surface area contributed by atoms with Crippen molar-refractivity contribution >= 4 is 17.5 Å². The summed E-state index contributed by atoms with van der Waals surface area (Å²) in [6.07, 6.45) is 1.58. The Morgan fingerprint density at radius 3 is 2.68 bits per heavy atom. The lowest BCUT2D eigenvalue weighted by molar-refractivity contribution is -0.126. The van der Waals surface area contributed by atoms with E-state index >= 15 is 0 Å². The second-order valence-corrected chi connectivity index (χ2v) is 6.33. The van der Waals surface area contributed by atoms with Gasteiger partial charge in [0.05, 0.1) is 6.61 Å². The van der Waals surface area contributed by atoms with Crippen molar-refractivity contribution in [2.45, 2.75) is 13.2 Å². The minimum Gasteiger partial charge on any atom is -0.439 e. The van der Waals surface area contributed by atoms with Gasteiger partial charge >= 0.3 is 0 Å². The van der Waals surface area contributed by atoms with Gasteiger partial charge in [0.1, 0.15) is 18.2 Å². The Morgan fingerprint density at radius 2 is 1.89 bits per heavy atom. The van der Waals surface area contributed by atoms with E-state index in [0.29, 0.717) is 23.2 Å². The van der Waals surface area contributed by atoms with Crippen molar-refractivity contribution in [2.75, 3.05) is 6.61 Å². The molecule has 1 aromatic heterocycles. The number of carbonyl (C=O) groups is 1. The van der Waals surface area contributed by atoms with E-state index in [0.717, 1.165) is 11.1 Å². The van der Waals surface area contributed by atoms with Crippen LogP contribution in [0.1, 0.15) is 11.1 Å². The van der Waals surface area contributed by atoms with Crippen LogP contribution in [0.4, 0.5) is 4.39 Å². The van der Waals surface area contributed by atoms with E-state index in [-0.39, 0.29) is 24.9 Å². The van der Waals surface area contributed by atoms with E-state index in [2.05, 4.69) is 10.3 Å². The van der Waals surface area contributed by atoms with Crippen molar-refractivity contribution in [1.29, 1.82) is 0 Å². The van der Waals surface area contributed by atoms with E-state index < -0.39 is 0 Å². The Labute approximate surface area is 167 Å². The zero-order valence-electron chi connectivity index (χ0n) is 14.9. The average molecular weight is 401 g/mol. The van der Waals surface area contributed by atoms with E-state index in [1.54, 1.807) is 24.4 Å². The maximum atomic E-state index is 12.9. The van der Waals surface area contributed by atoms with Crippen molar-refractivity contribution in [3.05, 3.63) is 88.8 Å². The van der Waals surface area contributed by atoms with Crippen LogP contribution >= 0.6 is 11.6 Å². The number of benzene rings is 2. The third kappa shape index (κ3) is 6.04. The Kier molecular flexibility index (Phi) is 6.94. The van der Waals surface area contributed by atoms with E-state index in [1.165, 1.54) is 24.3 Å². The molecule has 0 bridgehead atoms. The van der Waals surface area contributed by atoms with Gasteiger partial charge in [-0.15, -0.1) is 0 Å². The molecule has 0 aliphatic heterocycles. The van der Waals surface area contributed by atoms with Gasteiger partial charge in [0.25, 0.3) is 0 Å². The number of rotatable bonds is 8. The summed E-state index contributed by atoms with van der Waals surface area (Å²) in [5.41, 5.74) is 1.64. The Hall–Kier alpha value is -2.96. The first-order chi connectivity index (χ1) is 13.6. The SMILES string of the molecule is O=C(COCc1ccccc1Cl)NCc1ccnc(Oc2ccc(F)cc2)c1. The Balaban J connectivity index is 1.45. The summed E-state index contributed by atoms with van der Waals surface area (Å²) in [4.78, 5) is 16.1. The average Bonchev–Trinajstić information content (AvgIpc) is 2.70. The van der Waals surface area contributed by atoms with E-state index in [1.807, 2.05) is 18.2 Å². The van der Waals surface area contributed by atoms with Gasteiger partial charge in [-0.3, -0.25) is 4.79 Å². The zero-order chi connectivity index (χ0) is 19.8. The molecule has 0 aliphatic rings. The molecule has 1 heterocycles. The van der Waals surface area contributed by atoms with Gasteiger partial charge in [-0.25, -0.2) is 9.37 Å². The molecule has 0 saturated heterocycles. The molecule has 0 saturated carbocycles. The van der Waals surface area contributed by atoms with Crippen molar-refractivity contribution in [3.8, 4) is 11.6 Å². The fraction of sp³-hybridized carbons (Fsp3) is 0.143. The second-order valence-electron chi connectivity index (χ2n) is 5.92. The second kappa shape index (κ2) is 9.82. The van der Waals surface area contributed by atoms with Gasteiger partial charge < -0.3 is 14.8 Å². The number of nitrogens with zero attached hydrogens (tertiary/aromatic N) is 1. The highest BCUT2D eigenvalue weighted by atomic mass is 35.5. The smallest absolute Gasteiger partial charge is 0.246 e. The van der Waals surface area contributed by atoms with Crippen molar-refractivity contribution < 1.29 is 18.7 Å². The molecule has 0 aliphatic carbocycles. The Bertz CT molecular complexity index is 935. The summed E-state index contributed by atoms with van der Waals surface area (Å²) < 4.78 is 23.9. The number of aromatic nitrogens is 1. The summed E-state index contributed by atoms with van der Waals surface area (Å²) in [6.45, 7) is 0.490. The number of hydrogen-bond donors (Lipinski definition) is 1. The molecule has 5 nitrogen and oxygen atoms in total. The van der Waals surface area contributed by atoms with Gasteiger partial charge in [0.2, 0.25) is 11.8 Å². The third-order valence-corrected chi connectivity index (χ3v) is 4.14. The van der Waals surface area contributed by atoms with Gasteiger partial charge in [0, 0.05) is 23.8 Å². The first kappa shape index (κ1) is 19.8. The molecule has 0 radical (unpaired) electrons. The van der Waals surface area contributed by atoms with Crippen molar-refractivity contribution in [2.24, 2.45) is 0 Å². The lowest BCUT2D eigenvalue weighted by atomic mass is 10.2. The summed E-state index contributed by atoms with van der Waals surface area (Å²) in [5, 5.41) is 3.37. The number of carbonyl (C=O) groups excluding carboxylic acids is 1. The van der Waals surface area contributed by atoms with Crippen LogP contribution in [0.3, 0.4) is 0 Å². The summed E-state index contributed by atoms with van der Waals surface area (Å²) in [7, 11) is 0. The minimum atomic E-state index is -0.339. The monoisotopic (exact) mass is 400 g/mol. The molecule has 28 heavy (non-hydrogen) atoms. The van der Waals surface area contributed by atoms with E-state index in [9.17, 15) is 9.18 Å². The van der Waals surface area contributed by atoms with Crippen molar-refractivity contribution in [1.82, 2.24) is 10.3 Å². The van der Waals surface area contributed by atoms with Crippen LogP contribution in [-0.4, -0.2) is 17.5 Å². The molecule has 2 aromatic carbocycles. The zero-order valence-corrected chi connectivity index (χ0v) is 15.7. The molecule has 7 heteroatoms. The minimum absolute atomic E-state index is 0.0742. The molecular weight excluding hydrogens is 383 g/mol. The normalized spacial score (nSPS) is 10.5. The summed E-state index contributed by atoms with van der Waals surface area (Å²) in [6, 6.07) is 16.4. The molecule has 1 amide bonds. The van der Waals surface area contributed by atoms with Gasteiger partial charge in [-0.2, -0.15) is 0 Å². The van der Waals surface area contributed by atoms with Crippen LogP contribution in [0.5, 0.6) is 11.6 Å². The Morgan fingerprint density at radius 1 is 1.11 bits per heavy atom. The van der Waals surface area contributed by atoms with Crippen LogP contribution in [0, 0.1) is 5.82 Å². The molecule has 1 N–H and O–H groups in total. The molecule has 144 valence electrons. The lowest BCUT2D eigenvalue weighted by Crippen LogP contribution is -2.27. The van der Waals surface area contributed by atoms with Crippen LogP contribution in [0.15, 0.2) is 66.9 Å². The van der Waals surface area contributed by atoms with Gasteiger partial charge in [-0.05, 0) is 47.5 Å². The van der Waals surface area contributed by atoms with Crippen LogP contribution in [-0.2, 0) is 22.7 Å². The largest absolute Gasteiger partial charge is 0.439 e. The number of ether oxygens (including phenoxy) is 2. The quantitative estimate of drug-likeness (QED) is 0.604. The van der Waals surface area contributed by atoms with Crippen LogP contribution in [0.25, 0.3) is 0 Å². The fourth-order valence-corrected chi connectivity index (χ4v) is 2.55. The lowest BCUT2D eigenvalue weighted by Gasteiger charge is -2.09. The number of hydrogen-bond acceptors (Lipinski definition) is 4. The summed E-state index contributed by atoms with van der Waals surface area (Å²) >= 11 is 6.04. The number of halogens is 2. The van der Waals surface area contributed by atoms with Gasteiger partial charge in [-0.1, -0.05) is 29.8 Å². The molecule has 0 atom stereocenters. The predicted molar refractivity (Wildman–Crippen MR) is 104 cm³/mol. The van der Waals surface area contributed by atoms with E-state index in [4.69, 9.17) is 21.1 Å².